The number of carboxylic acid groups (broad SMARTS) is 1. The highest BCUT2D eigenvalue weighted by Crippen LogP contribution is 2.35. The minimum absolute atomic E-state index is 0.147. The van der Waals surface area contributed by atoms with Crippen LogP contribution >= 0.6 is 27.5 Å². The Morgan fingerprint density at radius 3 is 2.29 bits per heavy atom. The van der Waals surface area contributed by atoms with E-state index in [1.807, 2.05) is 66.7 Å². The highest BCUT2D eigenvalue weighted by molar-refractivity contribution is 9.10. The van der Waals surface area contributed by atoms with Gasteiger partial charge in [0.05, 0.1) is 11.4 Å². The van der Waals surface area contributed by atoms with Crippen LogP contribution in [0.3, 0.4) is 0 Å². The number of aromatic nitrogens is 2. The van der Waals surface area contributed by atoms with Crippen molar-refractivity contribution in [2.24, 2.45) is 0 Å². The number of carboxylic acids is 1. The number of rotatable bonds is 4. The van der Waals surface area contributed by atoms with Crippen LogP contribution in [0.15, 0.2) is 83.3 Å². The molecule has 0 amide bonds. The third kappa shape index (κ3) is 3.46. The third-order valence-electron chi connectivity index (χ3n) is 4.32. The van der Waals surface area contributed by atoms with Gasteiger partial charge in [-0.2, -0.15) is 5.10 Å². The Morgan fingerprint density at radius 1 is 0.929 bits per heavy atom. The quantitative estimate of drug-likeness (QED) is 0.393. The summed E-state index contributed by atoms with van der Waals surface area (Å²) in [6, 6.07) is 24.0. The molecule has 0 spiro atoms. The molecule has 0 aliphatic carbocycles. The molecule has 0 saturated carbocycles. The Labute approximate surface area is 175 Å². The van der Waals surface area contributed by atoms with Gasteiger partial charge < -0.3 is 5.11 Å². The maximum absolute atomic E-state index is 12.3. The van der Waals surface area contributed by atoms with Crippen molar-refractivity contribution in [1.29, 1.82) is 0 Å². The molecular formula is C22H14BrClN2O2. The van der Waals surface area contributed by atoms with Crippen LogP contribution in [0.5, 0.6) is 0 Å². The van der Waals surface area contributed by atoms with Crippen molar-refractivity contribution in [2.75, 3.05) is 0 Å². The highest BCUT2D eigenvalue weighted by Gasteiger charge is 2.26. The zero-order chi connectivity index (χ0) is 19.7. The van der Waals surface area contributed by atoms with Crippen LogP contribution in [-0.2, 0) is 0 Å². The summed E-state index contributed by atoms with van der Waals surface area (Å²) in [5, 5.41) is 15.3. The Hall–Kier alpha value is -2.89. The second-order valence-electron chi connectivity index (χ2n) is 6.14. The first-order valence-corrected chi connectivity index (χ1v) is 9.65. The smallest absolute Gasteiger partial charge is 0.340 e. The Balaban J connectivity index is 2.06. The summed E-state index contributed by atoms with van der Waals surface area (Å²) in [6.45, 7) is 0. The molecule has 0 aliphatic heterocycles. The maximum atomic E-state index is 12.3. The van der Waals surface area contributed by atoms with E-state index in [0.717, 1.165) is 15.6 Å². The van der Waals surface area contributed by atoms with Gasteiger partial charge >= 0.3 is 5.97 Å². The fraction of sp³-hybridized carbons (Fsp3) is 0. The first-order valence-electron chi connectivity index (χ1n) is 8.48. The molecule has 0 unspecified atom stereocenters. The van der Waals surface area contributed by atoms with Crippen LogP contribution in [0.25, 0.3) is 28.2 Å². The van der Waals surface area contributed by atoms with E-state index in [1.165, 1.54) is 0 Å². The third-order valence-corrected chi connectivity index (χ3v) is 5.08. The van der Waals surface area contributed by atoms with Crippen LogP contribution in [0.4, 0.5) is 0 Å². The number of hydrogen-bond donors (Lipinski definition) is 1. The van der Waals surface area contributed by atoms with Gasteiger partial charge in [-0.15, -0.1) is 0 Å². The summed E-state index contributed by atoms with van der Waals surface area (Å²) in [6.07, 6.45) is 0. The Morgan fingerprint density at radius 2 is 1.64 bits per heavy atom. The first kappa shape index (κ1) is 18.5. The molecule has 3 aromatic carbocycles. The van der Waals surface area contributed by atoms with Gasteiger partial charge in [0.2, 0.25) is 0 Å². The van der Waals surface area contributed by atoms with E-state index in [4.69, 9.17) is 11.6 Å². The summed E-state index contributed by atoms with van der Waals surface area (Å²) in [4.78, 5) is 12.3. The van der Waals surface area contributed by atoms with Crippen molar-refractivity contribution in [2.45, 2.75) is 0 Å². The van der Waals surface area contributed by atoms with Gasteiger partial charge in [-0.3, -0.25) is 0 Å². The lowest BCUT2D eigenvalue weighted by molar-refractivity contribution is 0.0698. The molecule has 0 atom stereocenters. The lowest BCUT2D eigenvalue weighted by Gasteiger charge is -2.09. The van der Waals surface area contributed by atoms with Gasteiger partial charge in [0.15, 0.2) is 0 Å². The minimum Gasteiger partial charge on any atom is -0.478 e. The average molecular weight is 454 g/mol. The van der Waals surface area contributed by atoms with Crippen molar-refractivity contribution >= 4 is 33.5 Å². The molecule has 28 heavy (non-hydrogen) atoms. The molecule has 0 radical (unpaired) electrons. The van der Waals surface area contributed by atoms with Crippen LogP contribution < -0.4 is 0 Å². The molecule has 1 aromatic heterocycles. The van der Waals surface area contributed by atoms with Crippen molar-refractivity contribution in [3.05, 3.63) is 93.9 Å². The largest absolute Gasteiger partial charge is 0.478 e. The van der Waals surface area contributed by atoms with E-state index in [9.17, 15) is 9.90 Å². The van der Waals surface area contributed by atoms with Crippen LogP contribution in [0.1, 0.15) is 10.4 Å². The number of hydrogen-bond acceptors (Lipinski definition) is 2. The normalized spacial score (nSPS) is 10.8. The predicted octanol–water partition coefficient (Wildman–Crippen LogP) is 6.32. The lowest BCUT2D eigenvalue weighted by atomic mass is 10.0. The van der Waals surface area contributed by atoms with Gasteiger partial charge in [0.1, 0.15) is 11.3 Å². The zero-order valence-corrected chi connectivity index (χ0v) is 16.9. The van der Waals surface area contributed by atoms with E-state index < -0.39 is 5.97 Å². The molecule has 4 nitrogen and oxygen atoms in total. The topological polar surface area (TPSA) is 55.1 Å². The fourth-order valence-electron chi connectivity index (χ4n) is 3.09. The van der Waals surface area contributed by atoms with Crippen LogP contribution in [-0.4, -0.2) is 20.9 Å². The van der Waals surface area contributed by atoms with Crippen molar-refractivity contribution in [3.63, 3.8) is 0 Å². The molecule has 0 bridgehead atoms. The summed E-state index contributed by atoms with van der Waals surface area (Å²) in [7, 11) is 0. The molecule has 1 N–H and O–H groups in total. The maximum Gasteiger partial charge on any atom is 0.340 e. The van der Waals surface area contributed by atoms with Gasteiger partial charge in [-0.05, 0) is 30.3 Å². The van der Waals surface area contributed by atoms with E-state index in [2.05, 4.69) is 21.0 Å². The number of aromatic carboxylic acids is 1. The standard InChI is InChI=1S/C22H14BrClN2O2/c23-16-11-9-14(10-12-16)20-19(22(27)28)21(15-5-2-1-3-6-15)26(25-20)18-8-4-7-17(24)13-18/h1-13H,(H,27,28). The summed E-state index contributed by atoms with van der Waals surface area (Å²) < 4.78 is 2.55. The van der Waals surface area contributed by atoms with E-state index in [1.54, 1.807) is 16.8 Å². The average Bonchev–Trinajstić information content (AvgIpc) is 3.10. The zero-order valence-electron chi connectivity index (χ0n) is 14.5. The second kappa shape index (κ2) is 7.62. The summed E-state index contributed by atoms with van der Waals surface area (Å²) in [5.74, 6) is -1.04. The fourth-order valence-corrected chi connectivity index (χ4v) is 3.54. The Bertz CT molecular complexity index is 1160. The lowest BCUT2D eigenvalue weighted by Crippen LogP contribution is -2.03. The summed E-state index contributed by atoms with van der Waals surface area (Å²) >= 11 is 9.58. The van der Waals surface area contributed by atoms with Crippen molar-refractivity contribution in [1.82, 2.24) is 9.78 Å². The van der Waals surface area contributed by atoms with Gasteiger partial charge in [0, 0.05) is 20.6 Å². The number of benzene rings is 3. The first-order chi connectivity index (χ1) is 13.5. The molecule has 1 heterocycles. The van der Waals surface area contributed by atoms with Crippen molar-refractivity contribution < 1.29 is 9.90 Å². The molecular weight excluding hydrogens is 440 g/mol. The van der Waals surface area contributed by atoms with E-state index >= 15 is 0 Å². The van der Waals surface area contributed by atoms with Crippen molar-refractivity contribution in [3.8, 4) is 28.2 Å². The summed E-state index contributed by atoms with van der Waals surface area (Å²) in [5.41, 5.74) is 3.23. The van der Waals surface area contributed by atoms with E-state index in [0.29, 0.717) is 22.1 Å². The number of carbonyl (C=O) groups is 1. The molecule has 0 saturated heterocycles. The SMILES string of the molecule is O=C(O)c1c(-c2ccc(Br)cc2)nn(-c2cccc(Cl)c2)c1-c1ccccc1. The molecule has 0 aliphatic rings. The molecule has 138 valence electrons. The highest BCUT2D eigenvalue weighted by atomic mass is 79.9. The minimum atomic E-state index is -1.04. The van der Waals surface area contributed by atoms with Gasteiger partial charge in [-0.25, -0.2) is 9.48 Å². The van der Waals surface area contributed by atoms with Gasteiger partial charge in [-0.1, -0.05) is 76.1 Å². The molecule has 4 aromatic rings. The monoisotopic (exact) mass is 452 g/mol. The van der Waals surface area contributed by atoms with E-state index in [-0.39, 0.29) is 5.56 Å². The van der Waals surface area contributed by atoms with Crippen LogP contribution in [0, 0.1) is 0 Å². The number of nitrogens with zero attached hydrogens (tertiary/aromatic N) is 2. The second-order valence-corrected chi connectivity index (χ2v) is 7.49. The van der Waals surface area contributed by atoms with Crippen LogP contribution in [0.2, 0.25) is 5.02 Å². The molecule has 4 rings (SSSR count). The molecule has 6 heteroatoms. The number of halogens is 2. The van der Waals surface area contributed by atoms with Gasteiger partial charge in [0.25, 0.3) is 0 Å². The molecule has 0 fully saturated rings. The predicted molar refractivity (Wildman–Crippen MR) is 114 cm³/mol. The Kier molecular flexibility index (Phi) is 5.03.